The van der Waals surface area contributed by atoms with Crippen LogP contribution >= 0.6 is 22.9 Å². The number of hydrogen-bond donors (Lipinski definition) is 1. The van der Waals surface area contributed by atoms with E-state index in [-0.39, 0.29) is 12.5 Å². The highest BCUT2D eigenvalue weighted by Crippen LogP contribution is 2.25. The van der Waals surface area contributed by atoms with Gasteiger partial charge < -0.3 is 10.5 Å². The normalized spacial score (nSPS) is 12.5. The van der Waals surface area contributed by atoms with Gasteiger partial charge in [0, 0.05) is 17.6 Å². The largest absolute Gasteiger partial charge is 0.468 e. The van der Waals surface area contributed by atoms with E-state index in [1.165, 1.54) is 18.4 Å². The molecule has 1 aromatic rings. The quantitative estimate of drug-likeness (QED) is 0.773. The number of methoxy groups -OCH3 is 1. The average Bonchev–Trinajstić information content (AvgIpc) is 2.53. The van der Waals surface area contributed by atoms with Gasteiger partial charge in [-0.3, -0.25) is 4.79 Å². The molecule has 0 bridgehead atoms. The van der Waals surface area contributed by atoms with Crippen LogP contribution in [0.15, 0.2) is 6.20 Å². The molecular weight excluding hydrogens is 212 g/mol. The van der Waals surface area contributed by atoms with Crippen molar-refractivity contribution in [2.45, 2.75) is 5.92 Å². The number of rotatable bonds is 3. The number of hydrogen-bond acceptors (Lipinski definition) is 5. The fourth-order valence-corrected chi connectivity index (χ4v) is 1.95. The molecule has 72 valence electrons. The molecule has 0 radical (unpaired) electrons. The Labute approximate surface area is 84.7 Å². The van der Waals surface area contributed by atoms with Gasteiger partial charge in [-0.05, 0) is 0 Å². The summed E-state index contributed by atoms with van der Waals surface area (Å²) in [4.78, 5) is 15.7. The van der Waals surface area contributed by atoms with Gasteiger partial charge in [-0.2, -0.15) is 0 Å². The van der Waals surface area contributed by atoms with E-state index in [0.717, 1.165) is 4.88 Å². The third kappa shape index (κ3) is 2.40. The highest BCUT2D eigenvalue weighted by atomic mass is 35.5. The van der Waals surface area contributed by atoms with Gasteiger partial charge in [-0.1, -0.05) is 11.6 Å². The first-order valence-corrected chi connectivity index (χ1v) is 4.77. The maximum atomic E-state index is 11.2. The van der Waals surface area contributed by atoms with E-state index in [1.807, 2.05) is 0 Å². The Bertz CT molecular complexity index is 302. The highest BCUT2D eigenvalue weighted by Gasteiger charge is 2.21. The van der Waals surface area contributed by atoms with Crippen LogP contribution in [0.5, 0.6) is 0 Å². The lowest BCUT2D eigenvalue weighted by molar-refractivity contribution is -0.142. The van der Waals surface area contributed by atoms with Gasteiger partial charge in [0.05, 0.1) is 7.11 Å². The number of aromatic nitrogens is 1. The van der Waals surface area contributed by atoms with Crippen LogP contribution in [0.2, 0.25) is 4.47 Å². The molecule has 0 fully saturated rings. The van der Waals surface area contributed by atoms with Crippen molar-refractivity contribution in [3.8, 4) is 0 Å². The first-order valence-electron chi connectivity index (χ1n) is 3.58. The summed E-state index contributed by atoms with van der Waals surface area (Å²) in [6, 6.07) is 0. The lowest BCUT2D eigenvalue weighted by Gasteiger charge is -2.08. The van der Waals surface area contributed by atoms with Crippen LogP contribution < -0.4 is 5.73 Å². The lowest BCUT2D eigenvalue weighted by Crippen LogP contribution is -2.21. The van der Waals surface area contributed by atoms with Crippen LogP contribution in [-0.4, -0.2) is 24.6 Å². The molecule has 1 unspecified atom stereocenters. The smallest absolute Gasteiger partial charge is 0.315 e. The predicted octanol–water partition coefficient (Wildman–Crippen LogP) is 1.01. The fourth-order valence-electron chi connectivity index (χ4n) is 0.896. The standard InChI is InChI=1S/C7H9ClN2O2S/c1-12-6(11)4(2-9)5-3-10-7(8)13-5/h3-4H,2,9H2,1H3. The first-order chi connectivity index (χ1) is 6.19. The summed E-state index contributed by atoms with van der Waals surface area (Å²) in [5, 5.41) is 0. The van der Waals surface area contributed by atoms with Gasteiger partial charge in [-0.25, -0.2) is 4.98 Å². The lowest BCUT2D eigenvalue weighted by atomic mass is 10.1. The number of carbonyl (C=O) groups is 1. The maximum Gasteiger partial charge on any atom is 0.315 e. The summed E-state index contributed by atoms with van der Waals surface area (Å²) in [5.41, 5.74) is 5.43. The van der Waals surface area contributed by atoms with Crippen molar-refractivity contribution < 1.29 is 9.53 Å². The topological polar surface area (TPSA) is 65.2 Å². The van der Waals surface area contributed by atoms with Gasteiger partial charge in [0.2, 0.25) is 0 Å². The van der Waals surface area contributed by atoms with Crippen molar-refractivity contribution in [3.63, 3.8) is 0 Å². The molecule has 0 aliphatic heterocycles. The molecule has 0 aromatic carbocycles. The van der Waals surface area contributed by atoms with E-state index in [1.54, 1.807) is 6.20 Å². The molecule has 2 N–H and O–H groups in total. The van der Waals surface area contributed by atoms with Crippen LogP contribution in [0.25, 0.3) is 0 Å². The summed E-state index contributed by atoms with van der Waals surface area (Å²) >= 11 is 6.86. The molecule has 0 saturated heterocycles. The molecule has 0 aliphatic carbocycles. The Kier molecular flexibility index (Phi) is 3.65. The summed E-state index contributed by atoms with van der Waals surface area (Å²) in [7, 11) is 1.33. The molecule has 0 saturated carbocycles. The highest BCUT2D eigenvalue weighted by molar-refractivity contribution is 7.15. The summed E-state index contributed by atoms with van der Waals surface area (Å²) in [6.07, 6.45) is 1.54. The monoisotopic (exact) mass is 220 g/mol. The van der Waals surface area contributed by atoms with E-state index >= 15 is 0 Å². The Morgan fingerprint density at radius 1 is 1.92 bits per heavy atom. The van der Waals surface area contributed by atoms with E-state index in [4.69, 9.17) is 17.3 Å². The minimum absolute atomic E-state index is 0.200. The van der Waals surface area contributed by atoms with Crippen molar-refractivity contribution in [1.29, 1.82) is 0 Å². The van der Waals surface area contributed by atoms with Crippen LogP contribution in [0, 0.1) is 0 Å². The SMILES string of the molecule is COC(=O)C(CN)c1cnc(Cl)s1. The summed E-state index contributed by atoms with van der Waals surface area (Å²) in [6.45, 7) is 0.200. The van der Waals surface area contributed by atoms with Crippen molar-refractivity contribution in [2.75, 3.05) is 13.7 Å². The second kappa shape index (κ2) is 4.55. The molecule has 1 atom stereocenters. The second-order valence-corrected chi connectivity index (χ2v) is 3.97. The molecular formula is C7H9ClN2O2S. The summed E-state index contributed by atoms with van der Waals surface area (Å²) in [5.74, 6) is -0.808. The van der Waals surface area contributed by atoms with Crippen LogP contribution in [0.3, 0.4) is 0 Å². The number of nitrogens with zero attached hydrogens (tertiary/aromatic N) is 1. The number of carbonyl (C=O) groups excluding carboxylic acids is 1. The Balaban J connectivity index is 2.84. The maximum absolute atomic E-state index is 11.2. The van der Waals surface area contributed by atoms with Gasteiger partial charge in [0.15, 0.2) is 4.47 Å². The number of ether oxygens (including phenoxy) is 1. The van der Waals surface area contributed by atoms with Crippen molar-refractivity contribution in [1.82, 2.24) is 4.98 Å². The van der Waals surface area contributed by atoms with Crippen LogP contribution in [0.1, 0.15) is 10.8 Å². The number of thiazole rings is 1. The van der Waals surface area contributed by atoms with Gasteiger partial charge in [0.1, 0.15) is 5.92 Å². The van der Waals surface area contributed by atoms with Crippen molar-refractivity contribution >= 4 is 28.9 Å². The third-order valence-corrected chi connectivity index (χ3v) is 2.79. The predicted molar refractivity (Wildman–Crippen MR) is 50.9 cm³/mol. The zero-order valence-electron chi connectivity index (χ0n) is 6.99. The molecule has 13 heavy (non-hydrogen) atoms. The number of halogens is 1. The van der Waals surface area contributed by atoms with Gasteiger partial charge >= 0.3 is 5.97 Å². The Morgan fingerprint density at radius 2 is 2.62 bits per heavy atom. The fraction of sp³-hybridized carbons (Fsp3) is 0.429. The molecule has 4 nitrogen and oxygen atoms in total. The van der Waals surface area contributed by atoms with Crippen LogP contribution in [-0.2, 0) is 9.53 Å². The molecule has 0 aliphatic rings. The third-order valence-electron chi connectivity index (χ3n) is 1.56. The molecule has 1 rings (SSSR count). The molecule has 1 aromatic heterocycles. The Morgan fingerprint density at radius 3 is 3.00 bits per heavy atom. The van der Waals surface area contributed by atoms with Gasteiger partial charge in [0.25, 0.3) is 0 Å². The van der Waals surface area contributed by atoms with Crippen molar-refractivity contribution in [2.24, 2.45) is 5.73 Å². The van der Waals surface area contributed by atoms with Crippen LogP contribution in [0.4, 0.5) is 0 Å². The zero-order valence-corrected chi connectivity index (χ0v) is 8.56. The molecule has 0 spiro atoms. The average molecular weight is 221 g/mol. The minimum Gasteiger partial charge on any atom is -0.468 e. The van der Waals surface area contributed by atoms with E-state index in [0.29, 0.717) is 4.47 Å². The minimum atomic E-state index is -0.449. The van der Waals surface area contributed by atoms with E-state index in [2.05, 4.69) is 9.72 Å². The first kappa shape index (κ1) is 10.4. The Hall–Kier alpha value is -0.650. The number of nitrogens with two attached hydrogens (primary N) is 1. The molecule has 6 heteroatoms. The summed E-state index contributed by atoms with van der Waals surface area (Å²) < 4.78 is 4.98. The van der Waals surface area contributed by atoms with E-state index in [9.17, 15) is 4.79 Å². The zero-order chi connectivity index (χ0) is 9.84. The number of esters is 1. The van der Waals surface area contributed by atoms with Crippen molar-refractivity contribution in [3.05, 3.63) is 15.5 Å². The molecule has 1 heterocycles. The molecule has 0 amide bonds. The van der Waals surface area contributed by atoms with Gasteiger partial charge in [-0.15, -0.1) is 11.3 Å². The van der Waals surface area contributed by atoms with E-state index < -0.39 is 5.92 Å². The second-order valence-electron chi connectivity index (χ2n) is 2.33.